The quantitative estimate of drug-likeness (QED) is 0.430. The number of anilines is 2. The molecule has 3 rings (SSSR count). The normalized spacial score (nSPS) is 11.7. The Morgan fingerprint density at radius 1 is 1.06 bits per heavy atom. The van der Waals surface area contributed by atoms with E-state index in [-0.39, 0.29) is 10.6 Å². The van der Waals surface area contributed by atoms with Gasteiger partial charge < -0.3 is 10.1 Å². The summed E-state index contributed by atoms with van der Waals surface area (Å²) < 4.78 is 85.9. The minimum absolute atomic E-state index is 0.254. The van der Waals surface area contributed by atoms with E-state index in [0.29, 0.717) is 16.1 Å². The number of benzene rings is 3. The molecule has 0 aliphatic rings. The van der Waals surface area contributed by atoms with E-state index >= 15 is 0 Å². The summed E-state index contributed by atoms with van der Waals surface area (Å²) in [5.41, 5.74) is -1.86. The Kier molecular flexibility index (Phi) is 7.37. The van der Waals surface area contributed by atoms with Gasteiger partial charge in [-0.15, -0.1) is 0 Å². The molecule has 0 aliphatic heterocycles. The maximum absolute atomic E-state index is 14.5. The van der Waals surface area contributed by atoms with Crippen LogP contribution < -0.4 is 14.4 Å². The van der Waals surface area contributed by atoms with Crippen LogP contribution in [0.25, 0.3) is 0 Å². The lowest BCUT2D eigenvalue weighted by molar-refractivity contribution is -0.137. The molecule has 0 fully saturated rings. The number of ether oxygens (including phenoxy) is 1. The number of hydrogen-bond acceptors (Lipinski definition) is 4. The summed E-state index contributed by atoms with van der Waals surface area (Å²) in [6.45, 7) is -0.917. The smallest absolute Gasteiger partial charge is 0.417 e. The summed E-state index contributed by atoms with van der Waals surface area (Å²) in [4.78, 5) is 12.4. The molecular weight excluding hydrogens is 500 g/mol. The van der Waals surface area contributed by atoms with Crippen LogP contribution in [0.15, 0.2) is 71.6 Å². The van der Waals surface area contributed by atoms with Crippen LogP contribution in [0.2, 0.25) is 5.02 Å². The van der Waals surface area contributed by atoms with Crippen molar-refractivity contribution in [2.75, 3.05) is 23.3 Å². The fraction of sp³-hybridized carbons (Fsp3) is 0.136. The van der Waals surface area contributed by atoms with E-state index in [1.54, 1.807) is 0 Å². The van der Waals surface area contributed by atoms with Gasteiger partial charge in [0.05, 0.1) is 28.3 Å². The van der Waals surface area contributed by atoms with Gasteiger partial charge in [-0.2, -0.15) is 13.2 Å². The minimum atomic E-state index is -4.77. The summed E-state index contributed by atoms with van der Waals surface area (Å²) in [5, 5.41) is 1.63. The lowest BCUT2D eigenvalue weighted by atomic mass is 10.2. The molecule has 34 heavy (non-hydrogen) atoms. The molecule has 0 atom stereocenters. The van der Waals surface area contributed by atoms with E-state index in [4.69, 9.17) is 16.3 Å². The fourth-order valence-electron chi connectivity index (χ4n) is 2.98. The van der Waals surface area contributed by atoms with E-state index < -0.39 is 50.7 Å². The van der Waals surface area contributed by atoms with Gasteiger partial charge >= 0.3 is 6.18 Å². The lowest BCUT2D eigenvalue weighted by Crippen LogP contribution is -2.38. The first-order chi connectivity index (χ1) is 15.9. The van der Waals surface area contributed by atoms with Crippen LogP contribution in [0.5, 0.6) is 5.75 Å². The number of para-hydroxylation sites is 1. The fourth-order valence-corrected chi connectivity index (χ4v) is 4.63. The predicted molar refractivity (Wildman–Crippen MR) is 119 cm³/mol. The second-order valence-corrected chi connectivity index (χ2v) is 9.15. The van der Waals surface area contributed by atoms with Crippen LogP contribution in [0, 0.1) is 5.82 Å². The molecule has 180 valence electrons. The molecule has 6 nitrogen and oxygen atoms in total. The SMILES string of the molecule is COc1ccc(S(=O)(=O)N(CC(=O)Nc2ccc(Cl)c(C(F)(F)F)c2)c2ccccc2F)cc1. The molecule has 3 aromatic carbocycles. The Labute approximate surface area is 197 Å². The zero-order valence-corrected chi connectivity index (χ0v) is 19.0. The van der Waals surface area contributed by atoms with Crippen LogP contribution in [-0.4, -0.2) is 28.0 Å². The van der Waals surface area contributed by atoms with E-state index in [0.717, 1.165) is 24.3 Å². The molecule has 0 spiro atoms. The molecule has 0 heterocycles. The molecule has 3 aromatic rings. The summed E-state index contributed by atoms with van der Waals surface area (Å²) in [6.07, 6.45) is -4.77. The molecular formula is C22H17ClF4N2O4S. The van der Waals surface area contributed by atoms with Gasteiger partial charge in [-0.05, 0) is 54.6 Å². The molecule has 0 aliphatic carbocycles. The van der Waals surface area contributed by atoms with E-state index in [1.807, 2.05) is 0 Å². The molecule has 0 bridgehead atoms. The molecule has 0 aromatic heterocycles. The number of alkyl halides is 3. The summed E-state index contributed by atoms with van der Waals surface area (Å²) >= 11 is 5.58. The Morgan fingerprint density at radius 3 is 2.29 bits per heavy atom. The van der Waals surface area contributed by atoms with Gasteiger partial charge in [-0.3, -0.25) is 9.10 Å². The zero-order chi connectivity index (χ0) is 25.1. The van der Waals surface area contributed by atoms with Crippen LogP contribution in [0.4, 0.5) is 28.9 Å². The zero-order valence-electron chi connectivity index (χ0n) is 17.4. The van der Waals surface area contributed by atoms with Crippen molar-refractivity contribution < 1.29 is 35.5 Å². The number of amides is 1. The number of methoxy groups -OCH3 is 1. The van der Waals surface area contributed by atoms with E-state index in [2.05, 4.69) is 5.32 Å². The van der Waals surface area contributed by atoms with Crippen LogP contribution in [0.3, 0.4) is 0 Å². The standard InChI is InChI=1S/C22H17ClF4N2O4S/c1-33-15-7-9-16(10-8-15)34(31,32)29(20-5-3-2-4-19(20)24)13-21(30)28-14-6-11-18(23)17(12-14)22(25,26)27/h2-12H,13H2,1H3,(H,28,30). The first-order valence-electron chi connectivity index (χ1n) is 9.51. The highest BCUT2D eigenvalue weighted by molar-refractivity contribution is 7.92. The average Bonchev–Trinajstić information content (AvgIpc) is 2.78. The Hall–Kier alpha value is -3.31. The third-order valence-electron chi connectivity index (χ3n) is 4.61. The summed E-state index contributed by atoms with van der Waals surface area (Å²) in [7, 11) is -3.06. The van der Waals surface area contributed by atoms with Crippen molar-refractivity contribution >= 4 is 38.9 Å². The van der Waals surface area contributed by atoms with Gasteiger partial charge in [0.2, 0.25) is 5.91 Å². The number of nitrogens with zero attached hydrogens (tertiary/aromatic N) is 1. The lowest BCUT2D eigenvalue weighted by Gasteiger charge is -2.24. The van der Waals surface area contributed by atoms with E-state index in [1.165, 1.54) is 43.5 Å². The van der Waals surface area contributed by atoms with Crippen LogP contribution in [0.1, 0.15) is 5.56 Å². The largest absolute Gasteiger partial charge is 0.497 e. The second kappa shape index (κ2) is 9.90. The molecule has 1 N–H and O–H groups in total. The van der Waals surface area contributed by atoms with Crippen molar-refractivity contribution in [2.24, 2.45) is 0 Å². The number of rotatable bonds is 7. The number of sulfonamides is 1. The first kappa shape index (κ1) is 25.3. The Bertz CT molecular complexity index is 1300. The molecule has 1 amide bonds. The Morgan fingerprint density at radius 2 is 1.71 bits per heavy atom. The van der Waals surface area contributed by atoms with Gasteiger partial charge in [0.1, 0.15) is 18.1 Å². The highest BCUT2D eigenvalue weighted by atomic mass is 35.5. The van der Waals surface area contributed by atoms with Gasteiger partial charge in [0.25, 0.3) is 10.0 Å². The maximum atomic E-state index is 14.5. The number of halogens is 5. The van der Waals surface area contributed by atoms with Crippen LogP contribution in [-0.2, 0) is 21.0 Å². The van der Waals surface area contributed by atoms with Gasteiger partial charge in [-0.1, -0.05) is 23.7 Å². The topological polar surface area (TPSA) is 75.7 Å². The van der Waals surface area contributed by atoms with E-state index in [9.17, 15) is 30.8 Å². The molecule has 0 saturated carbocycles. The third-order valence-corrected chi connectivity index (χ3v) is 6.71. The molecule has 0 radical (unpaired) electrons. The highest BCUT2D eigenvalue weighted by Gasteiger charge is 2.34. The second-order valence-electron chi connectivity index (χ2n) is 6.88. The minimum Gasteiger partial charge on any atom is -0.497 e. The molecule has 0 unspecified atom stereocenters. The number of hydrogen-bond donors (Lipinski definition) is 1. The van der Waals surface area contributed by atoms with Crippen molar-refractivity contribution in [1.29, 1.82) is 0 Å². The van der Waals surface area contributed by atoms with Gasteiger partial charge in [0.15, 0.2) is 0 Å². The van der Waals surface area contributed by atoms with Crippen molar-refractivity contribution in [3.63, 3.8) is 0 Å². The third kappa shape index (κ3) is 5.60. The highest BCUT2D eigenvalue weighted by Crippen LogP contribution is 2.36. The van der Waals surface area contributed by atoms with Crippen molar-refractivity contribution in [3.05, 3.63) is 83.1 Å². The van der Waals surface area contributed by atoms with Gasteiger partial charge in [-0.25, -0.2) is 12.8 Å². The summed E-state index contributed by atoms with van der Waals surface area (Å²) in [6, 6.07) is 12.8. The molecule has 12 heteroatoms. The first-order valence-corrected chi connectivity index (χ1v) is 11.3. The number of carbonyl (C=O) groups is 1. The predicted octanol–water partition coefficient (Wildman–Crippen LogP) is 5.34. The molecule has 0 saturated heterocycles. The van der Waals surface area contributed by atoms with Crippen molar-refractivity contribution in [3.8, 4) is 5.75 Å². The number of nitrogens with one attached hydrogen (secondary N) is 1. The van der Waals surface area contributed by atoms with Crippen LogP contribution >= 0.6 is 11.6 Å². The Balaban J connectivity index is 1.95. The number of carbonyl (C=O) groups excluding carboxylic acids is 1. The monoisotopic (exact) mass is 516 g/mol. The maximum Gasteiger partial charge on any atom is 0.417 e. The average molecular weight is 517 g/mol. The van der Waals surface area contributed by atoms with Crippen molar-refractivity contribution in [2.45, 2.75) is 11.1 Å². The van der Waals surface area contributed by atoms with Gasteiger partial charge in [0, 0.05) is 5.69 Å². The summed E-state index contributed by atoms with van der Waals surface area (Å²) in [5.74, 6) is -1.55. The van der Waals surface area contributed by atoms with Crippen molar-refractivity contribution in [1.82, 2.24) is 0 Å².